The van der Waals surface area contributed by atoms with Crippen LogP contribution < -0.4 is 10.1 Å². The molecule has 1 aromatic rings. The Bertz CT molecular complexity index is 289. The first-order valence-electron chi connectivity index (χ1n) is 4.45. The van der Waals surface area contributed by atoms with Crippen LogP contribution in [0.5, 0.6) is 11.5 Å². The molecular formula is C10H15NO3. The summed E-state index contributed by atoms with van der Waals surface area (Å²) in [4.78, 5) is 0. The van der Waals surface area contributed by atoms with Gasteiger partial charge in [-0.2, -0.15) is 0 Å². The summed E-state index contributed by atoms with van der Waals surface area (Å²) in [5.41, 5.74) is 1.01. The highest BCUT2D eigenvalue weighted by molar-refractivity contribution is 5.41. The first-order valence-corrected chi connectivity index (χ1v) is 4.45. The van der Waals surface area contributed by atoms with E-state index in [1.54, 1.807) is 12.1 Å². The third kappa shape index (κ3) is 2.90. The van der Waals surface area contributed by atoms with Crippen molar-refractivity contribution in [1.82, 2.24) is 5.32 Å². The number of ether oxygens (including phenoxy) is 1. The van der Waals surface area contributed by atoms with E-state index in [1.807, 2.05) is 6.07 Å². The number of phenols is 1. The highest BCUT2D eigenvalue weighted by atomic mass is 16.5. The molecule has 0 atom stereocenters. The van der Waals surface area contributed by atoms with Crippen molar-refractivity contribution in [1.29, 1.82) is 0 Å². The summed E-state index contributed by atoms with van der Waals surface area (Å²) in [5, 5.41) is 20.9. The maximum atomic E-state index is 9.32. The molecule has 0 saturated heterocycles. The fourth-order valence-corrected chi connectivity index (χ4v) is 1.14. The van der Waals surface area contributed by atoms with Crippen LogP contribution in [0.15, 0.2) is 18.2 Å². The SMILES string of the molecule is COc1cc(CNCCO)ccc1O. The number of aliphatic hydroxyl groups is 1. The molecule has 0 bridgehead atoms. The lowest BCUT2D eigenvalue weighted by Gasteiger charge is -2.07. The number of aliphatic hydroxyl groups excluding tert-OH is 1. The highest BCUT2D eigenvalue weighted by Crippen LogP contribution is 2.25. The molecule has 4 nitrogen and oxygen atoms in total. The number of phenolic OH excluding ortho intramolecular Hbond substituents is 1. The van der Waals surface area contributed by atoms with Gasteiger partial charge in [0.15, 0.2) is 11.5 Å². The Hall–Kier alpha value is -1.26. The molecular weight excluding hydrogens is 182 g/mol. The van der Waals surface area contributed by atoms with E-state index < -0.39 is 0 Å². The highest BCUT2D eigenvalue weighted by Gasteiger charge is 2.01. The first-order chi connectivity index (χ1) is 6.77. The van der Waals surface area contributed by atoms with Crippen LogP contribution in [-0.2, 0) is 6.54 Å². The van der Waals surface area contributed by atoms with Gasteiger partial charge in [0.1, 0.15) is 0 Å². The van der Waals surface area contributed by atoms with Crippen molar-refractivity contribution in [2.75, 3.05) is 20.3 Å². The molecule has 0 aromatic heterocycles. The summed E-state index contributed by atoms with van der Waals surface area (Å²) < 4.78 is 4.96. The summed E-state index contributed by atoms with van der Waals surface area (Å²) in [6, 6.07) is 5.16. The van der Waals surface area contributed by atoms with Gasteiger partial charge in [-0.05, 0) is 17.7 Å². The minimum atomic E-state index is 0.120. The Balaban J connectivity index is 2.60. The lowest BCUT2D eigenvalue weighted by Crippen LogP contribution is -2.17. The van der Waals surface area contributed by atoms with Crippen molar-refractivity contribution in [3.8, 4) is 11.5 Å². The van der Waals surface area contributed by atoms with Gasteiger partial charge in [0.25, 0.3) is 0 Å². The largest absolute Gasteiger partial charge is 0.504 e. The van der Waals surface area contributed by atoms with Crippen molar-refractivity contribution in [2.24, 2.45) is 0 Å². The van der Waals surface area contributed by atoms with Crippen LogP contribution in [0.2, 0.25) is 0 Å². The lowest BCUT2D eigenvalue weighted by molar-refractivity contribution is 0.292. The van der Waals surface area contributed by atoms with Gasteiger partial charge in [0.2, 0.25) is 0 Å². The quantitative estimate of drug-likeness (QED) is 0.601. The zero-order chi connectivity index (χ0) is 10.4. The van der Waals surface area contributed by atoms with Crippen molar-refractivity contribution >= 4 is 0 Å². The van der Waals surface area contributed by atoms with Gasteiger partial charge >= 0.3 is 0 Å². The first kappa shape index (κ1) is 10.8. The number of hydrogen-bond donors (Lipinski definition) is 3. The van der Waals surface area contributed by atoms with Crippen LogP contribution in [0.1, 0.15) is 5.56 Å². The normalized spacial score (nSPS) is 10.1. The maximum Gasteiger partial charge on any atom is 0.160 e. The molecule has 0 spiro atoms. The minimum absolute atomic E-state index is 0.120. The second kappa shape index (κ2) is 5.47. The van der Waals surface area contributed by atoms with Crippen LogP contribution in [0.25, 0.3) is 0 Å². The number of aromatic hydroxyl groups is 1. The topological polar surface area (TPSA) is 61.7 Å². The van der Waals surface area contributed by atoms with Gasteiger partial charge in [-0.25, -0.2) is 0 Å². The molecule has 0 heterocycles. The maximum absolute atomic E-state index is 9.32. The van der Waals surface area contributed by atoms with Crippen LogP contribution in [0.3, 0.4) is 0 Å². The molecule has 0 aliphatic heterocycles. The molecule has 14 heavy (non-hydrogen) atoms. The molecule has 78 valence electrons. The molecule has 1 rings (SSSR count). The molecule has 0 aliphatic rings. The van der Waals surface area contributed by atoms with E-state index in [0.717, 1.165) is 5.56 Å². The molecule has 0 amide bonds. The average Bonchev–Trinajstić information content (AvgIpc) is 2.21. The van der Waals surface area contributed by atoms with Crippen molar-refractivity contribution < 1.29 is 14.9 Å². The van der Waals surface area contributed by atoms with E-state index >= 15 is 0 Å². The second-order valence-electron chi connectivity index (χ2n) is 2.91. The van der Waals surface area contributed by atoms with Gasteiger partial charge in [0, 0.05) is 13.1 Å². The monoisotopic (exact) mass is 197 g/mol. The summed E-state index contributed by atoms with van der Waals surface area (Å²) in [6.07, 6.45) is 0. The third-order valence-electron chi connectivity index (χ3n) is 1.86. The molecule has 0 radical (unpaired) electrons. The van der Waals surface area contributed by atoms with Crippen molar-refractivity contribution in [3.05, 3.63) is 23.8 Å². The molecule has 1 aromatic carbocycles. The summed E-state index contributed by atoms with van der Waals surface area (Å²) >= 11 is 0. The summed E-state index contributed by atoms with van der Waals surface area (Å²) in [6.45, 7) is 1.33. The van der Waals surface area contributed by atoms with E-state index in [0.29, 0.717) is 18.8 Å². The average molecular weight is 197 g/mol. The standard InChI is InChI=1S/C10H15NO3/c1-14-10-6-8(2-3-9(10)13)7-11-4-5-12/h2-3,6,11-13H,4-5,7H2,1H3. The predicted octanol–water partition coefficient (Wildman–Crippen LogP) is 0.483. The number of nitrogens with one attached hydrogen (secondary N) is 1. The van der Waals surface area contributed by atoms with Gasteiger partial charge in [-0.15, -0.1) is 0 Å². The van der Waals surface area contributed by atoms with E-state index in [4.69, 9.17) is 9.84 Å². The van der Waals surface area contributed by atoms with Crippen LogP contribution in [0, 0.1) is 0 Å². The van der Waals surface area contributed by atoms with Crippen LogP contribution >= 0.6 is 0 Å². The predicted molar refractivity (Wildman–Crippen MR) is 53.5 cm³/mol. The van der Waals surface area contributed by atoms with Gasteiger partial charge < -0.3 is 20.3 Å². The van der Waals surface area contributed by atoms with Crippen molar-refractivity contribution in [3.63, 3.8) is 0 Å². The fourth-order valence-electron chi connectivity index (χ4n) is 1.14. The second-order valence-corrected chi connectivity index (χ2v) is 2.91. The number of hydrogen-bond acceptors (Lipinski definition) is 4. The number of benzene rings is 1. The minimum Gasteiger partial charge on any atom is -0.504 e. The van der Waals surface area contributed by atoms with Gasteiger partial charge in [-0.3, -0.25) is 0 Å². The van der Waals surface area contributed by atoms with E-state index in [-0.39, 0.29) is 12.4 Å². The van der Waals surface area contributed by atoms with E-state index in [1.165, 1.54) is 7.11 Å². The Morgan fingerprint density at radius 2 is 2.21 bits per heavy atom. The van der Waals surface area contributed by atoms with E-state index in [9.17, 15) is 5.11 Å². The Kier molecular flexibility index (Phi) is 4.22. The summed E-state index contributed by atoms with van der Waals surface area (Å²) in [5.74, 6) is 0.603. The van der Waals surface area contributed by atoms with Crippen LogP contribution in [0.4, 0.5) is 0 Å². The molecule has 0 unspecified atom stereocenters. The molecule has 3 N–H and O–H groups in total. The zero-order valence-corrected chi connectivity index (χ0v) is 8.16. The fraction of sp³-hybridized carbons (Fsp3) is 0.400. The zero-order valence-electron chi connectivity index (χ0n) is 8.16. The molecule has 0 fully saturated rings. The van der Waals surface area contributed by atoms with E-state index in [2.05, 4.69) is 5.32 Å². The number of rotatable bonds is 5. The number of methoxy groups -OCH3 is 1. The van der Waals surface area contributed by atoms with Crippen molar-refractivity contribution in [2.45, 2.75) is 6.54 Å². The molecule has 4 heteroatoms. The van der Waals surface area contributed by atoms with Gasteiger partial charge in [0.05, 0.1) is 13.7 Å². The van der Waals surface area contributed by atoms with Gasteiger partial charge in [-0.1, -0.05) is 6.07 Å². The molecule has 0 aliphatic carbocycles. The lowest BCUT2D eigenvalue weighted by atomic mass is 10.2. The Morgan fingerprint density at radius 1 is 1.43 bits per heavy atom. The van der Waals surface area contributed by atoms with Crippen LogP contribution in [-0.4, -0.2) is 30.5 Å². The summed E-state index contributed by atoms with van der Waals surface area (Å²) in [7, 11) is 1.51. The smallest absolute Gasteiger partial charge is 0.160 e. The third-order valence-corrected chi connectivity index (χ3v) is 1.86. The molecule has 0 saturated carbocycles. The Labute approximate surface area is 83.1 Å². The Morgan fingerprint density at radius 3 is 2.86 bits per heavy atom.